The molecule has 2 heterocycles. The van der Waals surface area contributed by atoms with Gasteiger partial charge >= 0.3 is 5.97 Å². The first kappa shape index (κ1) is 29.1. The van der Waals surface area contributed by atoms with E-state index in [0.717, 1.165) is 5.56 Å². The minimum atomic E-state index is -1.99. The van der Waals surface area contributed by atoms with Crippen molar-refractivity contribution in [3.63, 3.8) is 0 Å². The minimum absolute atomic E-state index is 0.0363. The molecular weight excluding hydrogens is 520 g/mol. The maximum absolute atomic E-state index is 12.2. The van der Waals surface area contributed by atoms with E-state index in [1.165, 1.54) is 36.4 Å². The summed E-state index contributed by atoms with van der Waals surface area (Å²) < 4.78 is 27.0. The van der Waals surface area contributed by atoms with Crippen molar-refractivity contribution < 1.29 is 64.2 Å². The summed E-state index contributed by atoms with van der Waals surface area (Å²) in [7, 11) is 0. The number of hydrogen-bond donors (Lipinski definition) is 7. The van der Waals surface area contributed by atoms with Crippen molar-refractivity contribution in [3.05, 3.63) is 59.7 Å². The third kappa shape index (κ3) is 7.03. The van der Waals surface area contributed by atoms with E-state index >= 15 is 0 Å². The van der Waals surface area contributed by atoms with Crippen LogP contribution in [0.25, 0.3) is 0 Å². The Hall–Kier alpha value is -2.85. The molecule has 7 N–H and O–H groups in total. The average Bonchev–Trinajstić information content (AvgIpc) is 3.21. The maximum atomic E-state index is 12.2. The maximum Gasteiger partial charge on any atom is 0.338 e. The number of rotatable bonds is 10. The molecule has 0 radical (unpaired) electrons. The highest BCUT2D eigenvalue weighted by molar-refractivity contribution is 5.89. The molecule has 13 heteroatoms. The molecule has 4 rings (SSSR count). The van der Waals surface area contributed by atoms with Crippen molar-refractivity contribution in [2.75, 3.05) is 26.4 Å². The molecule has 0 bridgehead atoms. The number of ether oxygens (including phenoxy) is 5. The fraction of sp³-hybridized carbons (Fsp3) is 0.500. The molecular formula is C26H32O13. The lowest BCUT2D eigenvalue weighted by Crippen LogP contribution is -2.59. The predicted molar refractivity (Wildman–Crippen MR) is 129 cm³/mol. The summed E-state index contributed by atoms with van der Waals surface area (Å²) >= 11 is 0. The Morgan fingerprint density at radius 3 is 2.18 bits per heavy atom. The van der Waals surface area contributed by atoms with Gasteiger partial charge in [-0.1, -0.05) is 12.1 Å². The Bertz CT molecular complexity index is 1080. The van der Waals surface area contributed by atoms with Gasteiger partial charge in [0.15, 0.2) is 18.2 Å². The quantitative estimate of drug-likeness (QED) is 0.173. The highest BCUT2D eigenvalue weighted by Gasteiger charge is 2.51. The number of hydrogen-bond acceptors (Lipinski definition) is 13. The standard InChI is InChI=1S/C26H32O13/c27-16-5-1-14(2-6-16)9-10-35-24-21(31)20(30)19(29)18(39-24)11-36-25-22(32)26(34,13-38-25)12-37-23(33)15-3-7-17(28)8-4-15/h1-8,18-22,24-25,27-32,34H,9-13H2/t18-,19-,20-,21-,22+,24-,25-,26-/m1/s1. The van der Waals surface area contributed by atoms with Gasteiger partial charge in [-0.05, 0) is 48.4 Å². The lowest BCUT2D eigenvalue weighted by molar-refractivity contribution is -0.309. The number of aliphatic hydroxyl groups is 5. The fourth-order valence-corrected chi connectivity index (χ4v) is 4.13. The summed E-state index contributed by atoms with van der Waals surface area (Å²) in [6.45, 7) is -1.35. The van der Waals surface area contributed by atoms with Crippen LogP contribution in [0.4, 0.5) is 0 Å². The second-order valence-electron chi connectivity index (χ2n) is 9.49. The zero-order valence-corrected chi connectivity index (χ0v) is 20.8. The summed E-state index contributed by atoms with van der Waals surface area (Å²) in [5.74, 6) is -0.705. The van der Waals surface area contributed by atoms with Gasteiger partial charge in [0.1, 0.15) is 48.6 Å². The van der Waals surface area contributed by atoms with Crippen molar-refractivity contribution in [2.24, 2.45) is 0 Å². The molecule has 2 saturated heterocycles. The van der Waals surface area contributed by atoms with Crippen LogP contribution in [-0.4, -0.2) is 117 Å². The first-order chi connectivity index (χ1) is 18.6. The Morgan fingerprint density at radius 2 is 1.51 bits per heavy atom. The summed E-state index contributed by atoms with van der Waals surface area (Å²) in [6.07, 6.45) is -9.78. The predicted octanol–water partition coefficient (Wildman–Crippen LogP) is -1.21. The number of aromatic hydroxyl groups is 2. The smallest absolute Gasteiger partial charge is 0.338 e. The molecule has 0 unspecified atom stereocenters. The van der Waals surface area contributed by atoms with E-state index in [4.69, 9.17) is 23.7 Å². The number of carbonyl (C=O) groups is 1. The van der Waals surface area contributed by atoms with Crippen molar-refractivity contribution in [1.82, 2.24) is 0 Å². The van der Waals surface area contributed by atoms with E-state index in [0.29, 0.717) is 6.42 Å². The van der Waals surface area contributed by atoms with E-state index < -0.39 is 74.5 Å². The van der Waals surface area contributed by atoms with Crippen LogP contribution in [0.3, 0.4) is 0 Å². The third-order valence-corrected chi connectivity index (χ3v) is 6.56. The van der Waals surface area contributed by atoms with Crippen LogP contribution in [0.1, 0.15) is 15.9 Å². The van der Waals surface area contributed by atoms with Gasteiger partial charge in [0.2, 0.25) is 0 Å². The van der Waals surface area contributed by atoms with Gasteiger partial charge in [0.05, 0.1) is 25.4 Å². The number of carbonyl (C=O) groups excluding carboxylic acids is 1. The lowest BCUT2D eigenvalue weighted by Gasteiger charge is -2.40. The molecule has 0 spiro atoms. The molecule has 0 aromatic heterocycles. The van der Waals surface area contributed by atoms with Gasteiger partial charge in [0, 0.05) is 0 Å². The normalized spacial score (nSPS) is 32.7. The molecule has 13 nitrogen and oxygen atoms in total. The number of benzene rings is 2. The average molecular weight is 553 g/mol. The van der Waals surface area contributed by atoms with Crippen LogP contribution in [-0.2, 0) is 30.1 Å². The number of aliphatic hydroxyl groups excluding tert-OH is 4. The highest BCUT2D eigenvalue weighted by atomic mass is 16.7. The van der Waals surface area contributed by atoms with Crippen molar-refractivity contribution >= 4 is 5.97 Å². The highest BCUT2D eigenvalue weighted by Crippen LogP contribution is 2.29. The van der Waals surface area contributed by atoms with Crippen LogP contribution in [0.5, 0.6) is 11.5 Å². The number of phenols is 2. The van der Waals surface area contributed by atoms with E-state index in [2.05, 4.69) is 0 Å². The lowest BCUT2D eigenvalue weighted by atomic mass is 9.99. The molecule has 2 aliphatic heterocycles. The molecule has 0 amide bonds. The second kappa shape index (κ2) is 12.6. The molecule has 0 saturated carbocycles. The van der Waals surface area contributed by atoms with Crippen LogP contribution in [0.2, 0.25) is 0 Å². The Morgan fingerprint density at radius 1 is 0.872 bits per heavy atom. The first-order valence-corrected chi connectivity index (χ1v) is 12.3. The van der Waals surface area contributed by atoms with Gasteiger partial charge in [-0.3, -0.25) is 0 Å². The van der Waals surface area contributed by atoms with Crippen molar-refractivity contribution in [1.29, 1.82) is 0 Å². The van der Waals surface area contributed by atoms with E-state index in [-0.39, 0.29) is 23.7 Å². The van der Waals surface area contributed by atoms with Crippen molar-refractivity contribution in [2.45, 2.75) is 55.1 Å². The summed E-state index contributed by atoms with van der Waals surface area (Å²) in [5.41, 5.74) is -1.01. The summed E-state index contributed by atoms with van der Waals surface area (Å²) in [4.78, 5) is 12.2. The Balaban J connectivity index is 1.26. The zero-order valence-electron chi connectivity index (χ0n) is 20.8. The first-order valence-electron chi connectivity index (χ1n) is 12.3. The monoisotopic (exact) mass is 552 g/mol. The Kier molecular flexibility index (Phi) is 9.38. The van der Waals surface area contributed by atoms with Gasteiger partial charge in [-0.25, -0.2) is 4.79 Å². The minimum Gasteiger partial charge on any atom is -0.508 e. The molecule has 8 atom stereocenters. The topological polar surface area (TPSA) is 205 Å². The van der Waals surface area contributed by atoms with E-state index in [1.54, 1.807) is 12.1 Å². The fourth-order valence-electron chi connectivity index (χ4n) is 4.13. The molecule has 214 valence electrons. The van der Waals surface area contributed by atoms with E-state index in [1.807, 2.05) is 0 Å². The number of esters is 1. The van der Waals surface area contributed by atoms with Gasteiger partial charge < -0.3 is 59.4 Å². The van der Waals surface area contributed by atoms with Gasteiger partial charge in [-0.2, -0.15) is 0 Å². The van der Waals surface area contributed by atoms with E-state index in [9.17, 15) is 40.5 Å². The Labute approximate surface area is 223 Å². The molecule has 0 aliphatic carbocycles. The number of phenolic OH excluding ortho intramolecular Hbond substituents is 2. The van der Waals surface area contributed by atoms with Crippen LogP contribution in [0.15, 0.2) is 48.5 Å². The van der Waals surface area contributed by atoms with Crippen LogP contribution < -0.4 is 0 Å². The second-order valence-corrected chi connectivity index (χ2v) is 9.49. The zero-order chi connectivity index (χ0) is 28.2. The van der Waals surface area contributed by atoms with Crippen LogP contribution >= 0.6 is 0 Å². The summed E-state index contributed by atoms with van der Waals surface area (Å²) in [6, 6.07) is 11.7. The molecule has 2 aliphatic rings. The SMILES string of the molecule is O=C(OC[C@@]1(O)CO[C@@H](OC[C@H]2O[C@@H](OCCc3ccc(O)cc3)[C@H](O)[C@H](O)[C@@H]2O)[C@@H]1O)c1ccc(O)cc1. The molecule has 2 aromatic rings. The molecule has 39 heavy (non-hydrogen) atoms. The molecule has 2 fully saturated rings. The largest absolute Gasteiger partial charge is 0.508 e. The van der Waals surface area contributed by atoms with Gasteiger partial charge in [-0.15, -0.1) is 0 Å². The third-order valence-electron chi connectivity index (χ3n) is 6.56. The van der Waals surface area contributed by atoms with Gasteiger partial charge in [0.25, 0.3) is 0 Å². The molecule has 2 aromatic carbocycles. The van der Waals surface area contributed by atoms with Crippen molar-refractivity contribution in [3.8, 4) is 11.5 Å². The van der Waals surface area contributed by atoms with Crippen LogP contribution in [0, 0.1) is 0 Å². The summed E-state index contributed by atoms with van der Waals surface area (Å²) in [5, 5.41) is 70.8.